The van der Waals surface area contributed by atoms with Gasteiger partial charge in [0.25, 0.3) is 5.56 Å². The SMILES string of the molecule is CCN1CCN(C(=O)NC(C(=O)C[C@H]2Cc3cccc(C(=O)O)c3OB2O)c2c[nH]c(=O)cn2)C(=O)C1=O. The van der Waals surface area contributed by atoms with Crippen molar-refractivity contribution in [3.63, 3.8) is 0 Å². The maximum Gasteiger partial charge on any atom is 0.526 e. The van der Waals surface area contributed by atoms with Crippen LogP contribution in [-0.4, -0.2) is 86.2 Å². The van der Waals surface area contributed by atoms with Crippen molar-refractivity contribution in [1.29, 1.82) is 0 Å². The van der Waals surface area contributed by atoms with E-state index in [0.717, 1.165) is 12.4 Å². The minimum Gasteiger partial charge on any atom is -0.535 e. The minimum atomic E-state index is -1.52. The topological polar surface area (TPSA) is 199 Å². The van der Waals surface area contributed by atoms with Crippen LogP contribution in [0.15, 0.2) is 35.4 Å². The molecule has 1 unspecified atom stereocenters. The van der Waals surface area contributed by atoms with Gasteiger partial charge in [-0.3, -0.25) is 29.1 Å². The Kier molecular flexibility index (Phi) is 7.57. The van der Waals surface area contributed by atoms with Crippen LogP contribution in [0.25, 0.3) is 0 Å². The number of carboxylic acids is 1. The van der Waals surface area contributed by atoms with Gasteiger partial charge in [-0.2, -0.15) is 0 Å². The maximum absolute atomic E-state index is 13.4. The molecule has 2 aromatic rings. The number of Topliss-reactive ketones (excluding diaryl/α,β-unsaturated/α-hetero) is 1. The molecular formula is C23H24BN5O9. The number of aromatic carboxylic acids is 1. The maximum atomic E-state index is 13.4. The van der Waals surface area contributed by atoms with E-state index < -0.39 is 54.1 Å². The van der Waals surface area contributed by atoms with Gasteiger partial charge in [-0.1, -0.05) is 12.1 Å². The second-order valence-electron chi connectivity index (χ2n) is 8.80. The van der Waals surface area contributed by atoms with Gasteiger partial charge in [-0.25, -0.2) is 9.59 Å². The number of H-pyrrole nitrogens is 1. The van der Waals surface area contributed by atoms with Crippen molar-refractivity contribution in [2.75, 3.05) is 19.6 Å². The highest BCUT2D eigenvalue weighted by Crippen LogP contribution is 2.37. The quantitative estimate of drug-likeness (QED) is 0.266. The van der Waals surface area contributed by atoms with Crippen LogP contribution in [0.2, 0.25) is 5.82 Å². The summed E-state index contributed by atoms with van der Waals surface area (Å²) in [6.07, 6.45) is 1.82. The molecule has 1 saturated heterocycles. The minimum absolute atomic E-state index is 0.0118. The lowest BCUT2D eigenvalue weighted by Crippen LogP contribution is -2.58. The van der Waals surface area contributed by atoms with Crippen molar-refractivity contribution in [3.05, 3.63) is 57.8 Å². The fourth-order valence-electron chi connectivity index (χ4n) is 4.40. The number of piperazine rings is 1. The molecule has 0 radical (unpaired) electrons. The summed E-state index contributed by atoms with van der Waals surface area (Å²) in [6, 6.07) is 2.03. The molecule has 0 aliphatic carbocycles. The molecule has 2 atom stereocenters. The summed E-state index contributed by atoms with van der Waals surface area (Å²) in [4.78, 5) is 82.3. The van der Waals surface area contributed by atoms with Gasteiger partial charge in [0.2, 0.25) is 0 Å². The molecule has 0 saturated carbocycles. The summed E-state index contributed by atoms with van der Waals surface area (Å²) in [5.41, 5.74) is -0.233. The van der Waals surface area contributed by atoms with Crippen LogP contribution in [0.4, 0.5) is 4.79 Å². The monoisotopic (exact) mass is 525 g/mol. The lowest BCUT2D eigenvalue weighted by atomic mass is 9.64. The van der Waals surface area contributed by atoms with Crippen molar-refractivity contribution >= 4 is 36.7 Å². The van der Waals surface area contributed by atoms with Crippen LogP contribution in [0, 0.1) is 0 Å². The summed E-state index contributed by atoms with van der Waals surface area (Å²) in [5.74, 6) is -4.55. The number of rotatable bonds is 7. The molecule has 38 heavy (non-hydrogen) atoms. The predicted molar refractivity (Wildman–Crippen MR) is 129 cm³/mol. The van der Waals surface area contributed by atoms with Crippen molar-refractivity contribution in [2.45, 2.75) is 31.6 Å². The molecule has 1 fully saturated rings. The zero-order valence-electron chi connectivity index (χ0n) is 20.2. The van der Waals surface area contributed by atoms with Gasteiger partial charge >= 0.3 is 30.9 Å². The van der Waals surface area contributed by atoms with E-state index in [-0.39, 0.29) is 42.9 Å². The van der Waals surface area contributed by atoms with Crippen LogP contribution in [0.5, 0.6) is 5.75 Å². The van der Waals surface area contributed by atoms with E-state index in [1.165, 1.54) is 17.0 Å². The van der Waals surface area contributed by atoms with Crippen molar-refractivity contribution < 1.29 is 38.8 Å². The summed E-state index contributed by atoms with van der Waals surface area (Å²) < 4.78 is 5.44. The van der Waals surface area contributed by atoms with Crippen LogP contribution in [0.3, 0.4) is 0 Å². The number of carboxylic acid groups (broad SMARTS) is 1. The molecule has 198 valence electrons. The number of para-hydroxylation sites is 1. The lowest BCUT2D eigenvalue weighted by molar-refractivity contribution is -0.153. The normalized spacial score (nSPS) is 17.9. The Balaban J connectivity index is 1.55. The summed E-state index contributed by atoms with van der Waals surface area (Å²) in [7, 11) is -1.52. The molecule has 2 aliphatic rings. The number of hydrogen-bond donors (Lipinski definition) is 4. The first-order valence-corrected chi connectivity index (χ1v) is 11.8. The average molecular weight is 525 g/mol. The van der Waals surface area contributed by atoms with Crippen molar-refractivity contribution in [3.8, 4) is 5.75 Å². The molecular weight excluding hydrogens is 501 g/mol. The van der Waals surface area contributed by atoms with Gasteiger partial charge in [0, 0.05) is 38.1 Å². The number of imide groups is 1. The molecule has 0 spiro atoms. The van der Waals surface area contributed by atoms with Crippen molar-refractivity contribution in [1.82, 2.24) is 25.1 Å². The number of aromatic nitrogens is 2. The first-order chi connectivity index (χ1) is 18.1. The van der Waals surface area contributed by atoms with E-state index >= 15 is 0 Å². The van der Waals surface area contributed by atoms with E-state index in [9.17, 15) is 38.9 Å². The summed E-state index contributed by atoms with van der Waals surface area (Å²) >= 11 is 0. The number of aromatic amines is 1. The van der Waals surface area contributed by atoms with Crippen LogP contribution in [0.1, 0.15) is 41.0 Å². The molecule has 1 aromatic heterocycles. The number of benzene rings is 1. The van der Waals surface area contributed by atoms with Crippen molar-refractivity contribution in [2.24, 2.45) is 0 Å². The molecule has 4 amide bonds. The zero-order chi connectivity index (χ0) is 27.6. The van der Waals surface area contributed by atoms with E-state index in [4.69, 9.17) is 4.65 Å². The number of fused-ring (bicyclic) bond motifs is 1. The number of nitrogens with one attached hydrogen (secondary N) is 2. The Labute approximate surface area is 215 Å². The number of ketones is 1. The fourth-order valence-corrected chi connectivity index (χ4v) is 4.40. The molecule has 4 rings (SSSR count). The number of carbonyl (C=O) groups excluding carboxylic acids is 4. The molecule has 2 aliphatic heterocycles. The van der Waals surface area contributed by atoms with Gasteiger partial charge in [0.15, 0.2) is 5.78 Å². The smallest absolute Gasteiger partial charge is 0.526 e. The number of likely N-dealkylation sites (N-methyl/N-ethyl adjacent to an activating group) is 1. The molecule has 1 aromatic carbocycles. The number of nitrogens with zero attached hydrogens (tertiary/aromatic N) is 3. The largest absolute Gasteiger partial charge is 0.535 e. The molecule has 14 nitrogen and oxygen atoms in total. The fraction of sp³-hybridized carbons (Fsp3) is 0.348. The number of carbonyl (C=O) groups is 5. The Bertz CT molecular complexity index is 1340. The Morgan fingerprint density at radius 1 is 1.24 bits per heavy atom. The number of amides is 4. The van der Waals surface area contributed by atoms with Gasteiger partial charge in [0.05, 0.1) is 17.5 Å². The van der Waals surface area contributed by atoms with Crippen LogP contribution < -0.4 is 15.5 Å². The van der Waals surface area contributed by atoms with E-state index in [0.29, 0.717) is 17.0 Å². The highest BCUT2D eigenvalue weighted by molar-refractivity contribution is 6.47. The van der Waals surface area contributed by atoms with Crippen LogP contribution in [-0.2, 0) is 20.8 Å². The highest BCUT2D eigenvalue weighted by atomic mass is 16.5. The third-order valence-corrected chi connectivity index (χ3v) is 6.43. The highest BCUT2D eigenvalue weighted by Gasteiger charge is 2.41. The van der Waals surface area contributed by atoms with Crippen LogP contribution >= 0.6 is 0 Å². The Morgan fingerprint density at radius 2 is 2.00 bits per heavy atom. The summed E-state index contributed by atoms with van der Waals surface area (Å²) in [6.45, 7) is 2.04. The first kappa shape index (κ1) is 26.5. The zero-order valence-corrected chi connectivity index (χ0v) is 20.2. The molecule has 0 bridgehead atoms. The van der Waals surface area contributed by atoms with Gasteiger partial charge in [0.1, 0.15) is 11.8 Å². The van der Waals surface area contributed by atoms with Gasteiger partial charge in [-0.05, 0) is 25.0 Å². The second kappa shape index (κ2) is 10.8. The number of hydrogen-bond acceptors (Lipinski definition) is 9. The second-order valence-corrected chi connectivity index (χ2v) is 8.80. The predicted octanol–water partition coefficient (Wildman–Crippen LogP) is -0.645. The van der Waals surface area contributed by atoms with E-state index in [1.54, 1.807) is 13.0 Å². The molecule has 4 N–H and O–H groups in total. The summed E-state index contributed by atoms with van der Waals surface area (Å²) in [5, 5.41) is 22.3. The third kappa shape index (κ3) is 5.27. The van der Waals surface area contributed by atoms with Gasteiger partial charge in [-0.15, -0.1) is 0 Å². The number of urea groups is 1. The third-order valence-electron chi connectivity index (χ3n) is 6.43. The van der Waals surface area contributed by atoms with E-state index in [1.807, 2.05) is 0 Å². The molecule has 15 heteroatoms. The Morgan fingerprint density at radius 3 is 2.66 bits per heavy atom. The van der Waals surface area contributed by atoms with Gasteiger partial charge < -0.3 is 30.0 Å². The molecule has 3 heterocycles. The lowest BCUT2D eigenvalue weighted by Gasteiger charge is -2.33. The standard InChI is InChI=1S/C23H24BN5O9/c1-2-28-6-7-29(21(33)20(28)32)23(36)27-18(15-10-26-17(31)11-25-15)16(30)9-13-8-12-4-3-5-14(22(34)35)19(12)38-24(13)37/h3-5,10-11,13,18,37H,2,6-9H2,1H3,(H,26,31)(H,27,36)(H,34,35)/t13-,18?/m1/s1. The average Bonchev–Trinajstić information content (AvgIpc) is 2.89. The Hall–Kier alpha value is -4.53. The van der Waals surface area contributed by atoms with E-state index in [2.05, 4.69) is 15.3 Å². The first-order valence-electron chi connectivity index (χ1n) is 11.8.